The van der Waals surface area contributed by atoms with E-state index in [1.807, 2.05) is 0 Å². The molecule has 1 atom stereocenters. The van der Waals surface area contributed by atoms with Gasteiger partial charge in [-0.05, 0) is 103 Å². The Morgan fingerprint density at radius 1 is 0.308 bits per heavy atom. The summed E-state index contributed by atoms with van der Waals surface area (Å²) in [7, 11) is 0. The van der Waals surface area contributed by atoms with E-state index in [1.165, 1.54) is 167 Å². The Labute approximate surface area is 402 Å². The highest BCUT2D eigenvalue weighted by Crippen LogP contribution is 2.14. The third-order valence-electron chi connectivity index (χ3n) is 12.0. The molecule has 0 amide bonds. The Balaban J connectivity index is 4.47. The van der Waals surface area contributed by atoms with Crippen LogP contribution in [0.3, 0.4) is 0 Å². The number of carbonyl (C=O) groups excluding carboxylic acids is 3. The van der Waals surface area contributed by atoms with E-state index in [0.717, 1.165) is 64.2 Å². The number of allylic oxidation sites excluding steroid dienone is 10. The van der Waals surface area contributed by atoms with E-state index in [4.69, 9.17) is 14.2 Å². The van der Waals surface area contributed by atoms with Crippen molar-refractivity contribution in [1.29, 1.82) is 0 Å². The van der Waals surface area contributed by atoms with Crippen molar-refractivity contribution in [2.75, 3.05) is 13.2 Å². The Bertz CT molecular complexity index is 1180. The third kappa shape index (κ3) is 51.9. The van der Waals surface area contributed by atoms with E-state index in [2.05, 4.69) is 81.5 Å². The lowest BCUT2D eigenvalue weighted by molar-refractivity contribution is -0.167. The summed E-state index contributed by atoms with van der Waals surface area (Å²) in [6.45, 7) is 6.58. The number of unbranched alkanes of at least 4 members (excludes halogenated alkanes) is 29. The SMILES string of the molecule is CCCCCC/C=C\CCCCCCCCCC(=O)OC[C@@H](COC(=O)CCCCCCC/C=C\CCCCCCCC)OC(=O)CCC/C=C\C/C=C\C/C=C\CCCCCCCC. The van der Waals surface area contributed by atoms with Crippen LogP contribution in [0, 0.1) is 0 Å². The first kappa shape index (κ1) is 62.1. The average molecular weight is 909 g/mol. The first-order valence-electron chi connectivity index (χ1n) is 27.8. The van der Waals surface area contributed by atoms with Crippen LogP contribution < -0.4 is 0 Å². The topological polar surface area (TPSA) is 78.9 Å². The van der Waals surface area contributed by atoms with Gasteiger partial charge in [0.05, 0.1) is 0 Å². The summed E-state index contributed by atoms with van der Waals surface area (Å²) in [4.78, 5) is 38.1. The van der Waals surface area contributed by atoms with Crippen LogP contribution in [0.25, 0.3) is 0 Å². The highest BCUT2D eigenvalue weighted by molar-refractivity contribution is 5.71. The minimum Gasteiger partial charge on any atom is -0.462 e. The van der Waals surface area contributed by atoms with Crippen LogP contribution in [0.4, 0.5) is 0 Å². The second-order valence-corrected chi connectivity index (χ2v) is 18.5. The highest BCUT2D eigenvalue weighted by Gasteiger charge is 2.19. The van der Waals surface area contributed by atoms with Gasteiger partial charge in [0.1, 0.15) is 13.2 Å². The summed E-state index contributed by atoms with van der Waals surface area (Å²) in [5.74, 6) is -0.956. The van der Waals surface area contributed by atoms with Crippen molar-refractivity contribution in [3.63, 3.8) is 0 Å². The summed E-state index contributed by atoms with van der Waals surface area (Å²) in [5.41, 5.74) is 0. The van der Waals surface area contributed by atoms with Crippen molar-refractivity contribution >= 4 is 17.9 Å². The molecule has 0 aromatic carbocycles. The van der Waals surface area contributed by atoms with Crippen LogP contribution in [0.1, 0.15) is 278 Å². The molecule has 0 saturated carbocycles. The van der Waals surface area contributed by atoms with Crippen molar-refractivity contribution in [1.82, 2.24) is 0 Å². The number of hydrogen-bond donors (Lipinski definition) is 0. The van der Waals surface area contributed by atoms with E-state index >= 15 is 0 Å². The third-order valence-corrected chi connectivity index (χ3v) is 12.0. The Morgan fingerprint density at radius 2 is 0.569 bits per heavy atom. The number of esters is 3. The Morgan fingerprint density at radius 3 is 0.938 bits per heavy atom. The van der Waals surface area contributed by atoms with Gasteiger partial charge in [-0.15, -0.1) is 0 Å². The smallest absolute Gasteiger partial charge is 0.306 e. The average Bonchev–Trinajstić information content (AvgIpc) is 3.30. The molecular weight excluding hydrogens is 805 g/mol. The van der Waals surface area contributed by atoms with Crippen LogP contribution in [0.2, 0.25) is 0 Å². The van der Waals surface area contributed by atoms with Gasteiger partial charge in [0, 0.05) is 19.3 Å². The number of hydrogen-bond acceptors (Lipinski definition) is 6. The minimum absolute atomic E-state index is 0.0983. The molecule has 0 unspecified atom stereocenters. The van der Waals surface area contributed by atoms with Crippen LogP contribution in [-0.4, -0.2) is 37.2 Å². The van der Waals surface area contributed by atoms with Crippen LogP contribution >= 0.6 is 0 Å². The Hall–Kier alpha value is -2.89. The molecule has 0 rings (SSSR count). The second-order valence-electron chi connectivity index (χ2n) is 18.5. The van der Waals surface area contributed by atoms with Crippen molar-refractivity contribution in [3.05, 3.63) is 60.8 Å². The predicted octanol–water partition coefficient (Wildman–Crippen LogP) is 18.4. The van der Waals surface area contributed by atoms with Gasteiger partial charge in [-0.3, -0.25) is 14.4 Å². The monoisotopic (exact) mass is 909 g/mol. The molecule has 0 aromatic heterocycles. The fraction of sp³-hybridized carbons (Fsp3) is 0.780. The molecule has 0 N–H and O–H groups in total. The zero-order valence-corrected chi connectivity index (χ0v) is 43.0. The van der Waals surface area contributed by atoms with E-state index in [0.29, 0.717) is 19.3 Å². The van der Waals surface area contributed by atoms with Crippen LogP contribution in [0.5, 0.6) is 0 Å². The lowest BCUT2D eigenvalue weighted by Gasteiger charge is -2.18. The van der Waals surface area contributed by atoms with E-state index in [1.54, 1.807) is 0 Å². The molecule has 0 fully saturated rings. The lowest BCUT2D eigenvalue weighted by atomic mass is 10.1. The molecule has 0 radical (unpaired) electrons. The van der Waals surface area contributed by atoms with Gasteiger partial charge < -0.3 is 14.2 Å². The molecule has 0 aromatic rings. The van der Waals surface area contributed by atoms with Gasteiger partial charge in [0.25, 0.3) is 0 Å². The zero-order chi connectivity index (χ0) is 47.2. The first-order chi connectivity index (χ1) is 32.0. The standard InChI is InChI=1S/C59H104O6/c1-4-7-10-13-16-19-22-25-28-29-32-35-38-41-44-47-50-53-59(62)65-56(54-63-57(60)51-48-45-42-39-36-33-30-26-23-20-17-14-11-8-5-2)55-64-58(61)52-49-46-43-40-37-34-31-27-24-21-18-15-12-9-6-3/h20,23,25,27-28,31-32,35,41,44,56H,4-19,21-22,24,26,29-30,33-34,36-40,42-43,45-55H2,1-3H3/b23-20-,28-25-,31-27-,35-32-,44-41-/t56-/m0/s1. The fourth-order valence-electron chi connectivity index (χ4n) is 7.74. The quantitative estimate of drug-likeness (QED) is 0.0262. The lowest BCUT2D eigenvalue weighted by Crippen LogP contribution is -2.30. The van der Waals surface area contributed by atoms with Crippen molar-refractivity contribution < 1.29 is 28.6 Å². The summed E-state index contributed by atoms with van der Waals surface area (Å²) in [5, 5.41) is 0. The molecule has 0 aliphatic carbocycles. The maximum atomic E-state index is 12.8. The summed E-state index contributed by atoms with van der Waals surface area (Å²) >= 11 is 0. The summed E-state index contributed by atoms with van der Waals surface area (Å²) in [6, 6.07) is 0. The molecule has 376 valence electrons. The molecule has 6 nitrogen and oxygen atoms in total. The molecule has 0 spiro atoms. The van der Waals surface area contributed by atoms with Crippen molar-refractivity contribution in [2.45, 2.75) is 284 Å². The molecule has 0 bridgehead atoms. The van der Waals surface area contributed by atoms with E-state index < -0.39 is 6.10 Å². The molecule has 65 heavy (non-hydrogen) atoms. The fourth-order valence-corrected chi connectivity index (χ4v) is 7.74. The first-order valence-corrected chi connectivity index (χ1v) is 27.8. The molecule has 0 aliphatic rings. The van der Waals surface area contributed by atoms with Crippen LogP contribution in [-0.2, 0) is 28.6 Å². The molecular formula is C59H104O6. The minimum atomic E-state index is -0.805. The summed E-state index contributed by atoms with van der Waals surface area (Å²) in [6.07, 6.45) is 66.4. The molecule has 0 saturated heterocycles. The second kappa shape index (κ2) is 53.7. The van der Waals surface area contributed by atoms with Gasteiger partial charge in [-0.2, -0.15) is 0 Å². The Kier molecular flexibility index (Phi) is 51.3. The van der Waals surface area contributed by atoms with Gasteiger partial charge in [0.15, 0.2) is 6.10 Å². The predicted molar refractivity (Wildman–Crippen MR) is 279 cm³/mol. The molecule has 0 aliphatic heterocycles. The summed E-state index contributed by atoms with van der Waals surface area (Å²) < 4.78 is 16.8. The van der Waals surface area contributed by atoms with Gasteiger partial charge >= 0.3 is 17.9 Å². The number of carbonyl (C=O) groups is 3. The van der Waals surface area contributed by atoms with Crippen LogP contribution in [0.15, 0.2) is 60.8 Å². The number of rotatable bonds is 50. The maximum Gasteiger partial charge on any atom is 0.306 e. The number of ether oxygens (including phenoxy) is 3. The van der Waals surface area contributed by atoms with Crippen molar-refractivity contribution in [2.24, 2.45) is 0 Å². The normalized spacial score (nSPS) is 12.5. The zero-order valence-electron chi connectivity index (χ0n) is 43.0. The van der Waals surface area contributed by atoms with E-state index in [9.17, 15) is 14.4 Å². The highest BCUT2D eigenvalue weighted by atomic mass is 16.6. The van der Waals surface area contributed by atoms with Crippen molar-refractivity contribution in [3.8, 4) is 0 Å². The van der Waals surface area contributed by atoms with Gasteiger partial charge in [-0.1, -0.05) is 216 Å². The molecule has 6 heteroatoms. The van der Waals surface area contributed by atoms with Gasteiger partial charge in [0.2, 0.25) is 0 Å². The maximum absolute atomic E-state index is 12.8. The largest absolute Gasteiger partial charge is 0.462 e. The molecule has 0 heterocycles. The van der Waals surface area contributed by atoms with Gasteiger partial charge in [-0.25, -0.2) is 0 Å². The van der Waals surface area contributed by atoms with E-state index in [-0.39, 0.29) is 37.5 Å².